The summed E-state index contributed by atoms with van der Waals surface area (Å²) >= 11 is 6.04. The van der Waals surface area contributed by atoms with Gasteiger partial charge in [0, 0.05) is 18.4 Å². The van der Waals surface area contributed by atoms with Crippen molar-refractivity contribution < 1.29 is 4.42 Å². The molecule has 16 heavy (non-hydrogen) atoms. The van der Waals surface area contributed by atoms with Crippen LogP contribution in [0.15, 0.2) is 28.7 Å². The number of rotatable bonds is 5. The Balaban J connectivity index is 2.05. The monoisotopic (exact) mass is 237 g/mol. The summed E-state index contributed by atoms with van der Waals surface area (Å²) in [6.45, 7) is 4.17. The minimum atomic E-state index is 0.685. The molecule has 0 aliphatic rings. The minimum Gasteiger partial charge on any atom is -0.459 e. The average molecular weight is 238 g/mol. The Bertz CT molecular complexity index is 464. The molecule has 0 saturated heterocycles. The Kier molecular flexibility index (Phi) is 3.86. The van der Waals surface area contributed by atoms with E-state index in [1.165, 1.54) is 0 Å². The molecule has 0 fully saturated rings. The third-order valence-electron chi connectivity index (χ3n) is 2.52. The quantitative estimate of drug-likeness (QED) is 0.804. The number of fused-ring (bicyclic) bond motifs is 1. The van der Waals surface area contributed by atoms with Crippen molar-refractivity contribution >= 4 is 22.6 Å². The highest BCUT2D eigenvalue weighted by atomic mass is 35.5. The van der Waals surface area contributed by atoms with E-state index in [0.717, 1.165) is 42.7 Å². The smallest absolute Gasteiger partial charge is 0.152 e. The van der Waals surface area contributed by atoms with E-state index < -0.39 is 0 Å². The molecular weight excluding hydrogens is 222 g/mol. The molecule has 0 unspecified atom stereocenters. The van der Waals surface area contributed by atoms with Gasteiger partial charge in [0.1, 0.15) is 5.76 Å². The van der Waals surface area contributed by atoms with Crippen molar-refractivity contribution in [3.05, 3.63) is 35.0 Å². The van der Waals surface area contributed by atoms with Crippen LogP contribution in [-0.2, 0) is 6.42 Å². The van der Waals surface area contributed by atoms with Gasteiger partial charge in [0.05, 0.1) is 5.02 Å². The van der Waals surface area contributed by atoms with E-state index in [4.69, 9.17) is 16.0 Å². The number of nitrogens with one attached hydrogen (secondary N) is 1. The van der Waals surface area contributed by atoms with E-state index in [9.17, 15) is 0 Å². The summed E-state index contributed by atoms with van der Waals surface area (Å²) in [4.78, 5) is 0. The first-order valence-electron chi connectivity index (χ1n) is 5.69. The molecule has 0 bridgehead atoms. The second-order valence-electron chi connectivity index (χ2n) is 3.87. The van der Waals surface area contributed by atoms with Crippen molar-refractivity contribution in [1.29, 1.82) is 0 Å². The van der Waals surface area contributed by atoms with Gasteiger partial charge >= 0.3 is 0 Å². The van der Waals surface area contributed by atoms with E-state index in [1.54, 1.807) is 0 Å². The van der Waals surface area contributed by atoms with Crippen LogP contribution in [0.1, 0.15) is 19.1 Å². The summed E-state index contributed by atoms with van der Waals surface area (Å²) in [6, 6.07) is 7.88. The van der Waals surface area contributed by atoms with E-state index in [1.807, 2.05) is 18.2 Å². The lowest BCUT2D eigenvalue weighted by atomic mass is 10.2. The van der Waals surface area contributed by atoms with Gasteiger partial charge in [0.2, 0.25) is 0 Å². The summed E-state index contributed by atoms with van der Waals surface area (Å²) in [6.07, 6.45) is 2.07. The van der Waals surface area contributed by atoms with Gasteiger partial charge < -0.3 is 9.73 Å². The fourth-order valence-electron chi connectivity index (χ4n) is 1.72. The van der Waals surface area contributed by atoms with Crippen molar-refractivity contribution in [2.45, 2.75) is 19.8 Å². The van der Waals surface area contributed by atoms with Gasteiger partial charge in [-0.25, -0.2) is 0 Å². The van der Waals surface area contributed by atoms with Gasteiger partial charge in [0.15, 0.2) is 5.58 Å². The van der Waals surface area contributed by atoms with Crippen LogP contribution >= 0.6 is 11.6 Å². The number of hydrogen-bond donors (Lipinski definition) is 1. The maximum absolute atomic E-state index is 6.04. The highest BCUT2D eigenvalue weighted by Gasteiger charge is 2.05. The van der Waals surface area contributed by atoms with Crippen LogP contribution in [0.3, 0.4) is 0 Å². The summed E-state index contributed by atoms with van der Waals surface area (Å²) in [7, 11) is 0. The maximum atomic E-state index is 6.04. The summed E-state index contributed by atoms with van der Waals surface area (Å²) < 4.78 is 5.71. The molecule has 2 rings (SSSR count). The number of benzene rings is 1. The van der Waals surface area contributed by atoms with Crippen molar-refractivity contribution in [1.82, 2.24) is 5.32 Å². The minimum absolute atomic E-state index is 0.685. The van der Waals surface area contributed by atoms with Crippen LogP contribution in [0.5, 0.6) is 0 Å². The molecule has 86 valence electrons. The van der Waals surface area contributed by atoms with Crippen LogP contribution in [0.25, 0.3) is 11.0 Å². The first-order chi connectivity index (χ1) is 7.81. The van der Waals surface area contributed by atoms with E-state index >= 15 is 0 Å². The Labute approximate surface area is 101 Å². The fourth-order valence-corrected chi connectivity index (χ4v) is 1.94. The van der Waals surface area contributed by atoms with Crippen LogP contribution < -0.4 is 5.32 Å². The number of furan rings is 1. The predicted octanol–water partition coefficient (Wildman–Crippen LogP) is 3.63. The normalized spacial score (nSPS) is 11.1. The van der Waals surface area contributed by atoms with E-state index in [2.05, 4.69) is 18.3 Å². The molecule has 0 aliphatic carbocycles. The lowest BCUT2D eigenvalue weighted by Crippen LogP contribution is -2.17. The number of hydrogen-bond acceptors (Lipinski definition) is 2. The Morgan fingerprint density at radius 1 is 1.31 bits per heavy atom. The van der Waals surface area contributed by atoms with Crippen molar-refractivity contribution in [3.8, 4) is 0 Å². The molecule has 1 N–H and O–H groups in total. The van der Waals surface area contributed by atoms with E-state index in [0.29, 0.717) is 5.02 Å². The van der Waals surface area contributed by atoms with Crippen LogP contribution in [0.2, 0.25) is 5.02 Å². The summed E-state index contributed by atoms with van der Waals surface area (Å²) in [5.74, 6) is 0.992. The van der Waals surface area contributed by atoms with Gasteiger partial charge in [0.25, 0.3) is 0 Å². The molecule has 1 aromatic heterocycles. The standard InChI is InChI=1S/C13H16ClNO/c1-2-7-15-8-6-11-9-10-4-3-5-12(14)13(10)16-11/h3-5,9,15H,2,6-8H2,1H3. The number of halogens is 1. The van der Waals surface area contributed by atoms with Crippen molar-refractivity contribution in [2.24, 2.45) is 0 Å². The third-order valence-corrected chi connectivity index (χ3v) is 2.82. The maximum Gasteiger partial charge on any atom is 0.152 e. The highest BCUT2D eigenvalue weighted by molar-refractivity contribution is 6.34. The predicted molar refractivity (Wildman–Crippen MR) is 68.1 cm³/mol. The zero-order valence-electron chi connectivity index (χ0n) is 9.42. The van der Waals surface area contributed by atoms with Crippen molar-refractivity contribution in [3.63, 3.8) is 0 Å². The molecule has 2 aromatic rings. The van der Waals surface area contributed by atoms with Crippen LogP contribution in [0.4, 0.5) is 0 Å². The molecule has 0 radical (unpaired) electrons. The zero-order valence-corrected chi connectivity index (χ0v) is 10.2. The largest absolute Gasteiger partial charge is 0.459 e. The van der Waals surface area contributed by atoms with Gasteiger partial charge in [-0.1, -0.05) is 30.7 Å². The van der Waals surface area contributed by atoms with Gasteiger partial charge in [-0.2, -0.15) is 0 Å². The van der Waals surface area contributed by atoms with Gasteiger partial charge in [-0.05, 0) is 25.1 Å². The molecule has 2 nitrogen and oxygen atoms in total. The fraction of sp³-hybridized carbons (Fsp3) is 0.385. The van der Waals surface area contributed by atoms with Gasteiger partial charge in [-0.3, -0.25) is 0 Å². The molecule has 0 saturated carbocycles. The lowest BCUT2D eigenvalue weighted by Gasteiger charge is -1.99. The molecular formula is C13H16ClNO. The lowest BCUT2D eigenvalue weighted by molar-refractivity contribution is 0.532. The molecule has 0 amide bonds. The highest BCUT2D eigenvalue weighted by Crippen LogP contribution is 2.26. The van der Waals surface area contributed by atoms with Crippen molar-refractivity contribution in [2.75, 3.05) is 13.1 Å². The average Bonchev–Trinajstić information content (AvgIpc) is 2.69. The molecule has 3 heteroatoms. The second kappa shape index (κ2) is 5.37. The van der Waals surface area contributed by atoms with Crippen LogP contribution in [0, 0.1) is 0 Å². The zero-order chi connectivity index (χ0) is 11.4. The Morgan fingerprint density at radius 3 is 2.94 bits per heavy atom. The SMILES string of the molecule is CCCNCCc1cc2cccc(Cl)c2o1. The molecule has 1 heterocycles. The topological polar surface area (TPSA) is 25.2 Å². The summed E-state index contributed by atoms with van der Waals surface area (Å²) in [5.41, 5.74) is 0.801. The number of para-hydroxylation sites is 1. The van der Waals surface area contributed by atoms with Gasteiger partial charge in [-0.15, -0.1) is 0 Å². The molecule has 0 spiro atoms. The molecule has 0 atom stereocenters. The Hall–Kier alpha value is -0.990. The van der Waals surface area contributed by atoms with Crippen LogP contribution in [-0.4, -0.2) is 13.1 Å². The van der Waals surface area contributed by atoms with E-state index in [-0.39, 0.29) is 0 Å². The first-order valence-corrected chi connectivity index (χ1v) is 6.06. The summed E-state index contributed by atoms with van der Waals surface area (Å²) in [5, 5.41) is 5.12. The second-order valence-corrected chi connectivity index (χ2v) is 4.28. The molecule has 1 aromatic carbocycles. The first kappa shape index (κ1) is 11.5. The third kappa shape index (κ3) is 2.57. The Morgan fingerprint density at radius 2 is 2.19 bits per heavy atom. The molecule has 0 aliphatic heterocycles.